The van der Waals surface area contributed by atoms with Crippen molar-refractivity contribution in [3.8, 4) is 17.1 Å². The van der Waals surface area contributed by atoms with E-state index in [1.807, 2.05) is 60.7 Å². The fourth-order valence-corrected chi connectivity index (χ4v) is 5.24. The van der Waals surface area contributed by atoms with Crippen molar-refractivity contribution < 1.29 is 17.9 Å². The molecule has 4 aromatic rings. The van der Waals surface area contributed by atoms with Crippen molar-refractivity contribution in [1.29, 1.82) is 0 Å². The number of rotatable bonds is 6. The molecule has 1 amide bonds. The highest BCUT2D eigenvalue weighted by Crippen LogP contribution is 2.23. The second-order valence-corrected chi connectivity index (χ2v) is 9.81. The van der Waals surface area contributed by atoms with Crippen molar-refractivity contribution in [3.63, 3.8) is 0 Å². The normalized spacial score (nSPS) is 14.5. The molecule has 10 heteroatoms. The number of nitrogens with zero attached hydrogens (tertiary/aromatic N) is 4. The Labute approximate surface area is 203 Å². The minimum atomic E-state index is -3.69. The van der Waals surface area contributed by atoms with Crippen LogP contribution in [0, 0.1) is 0 Å². The van der Waals surface area contributed by atoms with E-state index in [0.717, 1.165) is 11.3 Å². The molecule has 0 radical (unpaired) electrons. The summed E-state index contributed by atoms with van der Waals surface area (Å²) in [6.07, 6.45) is 0. The van der Waals surface area contributed by atoms with Gasteiger partial charge in [0.25, 0.3) is 5.91 Å². The van der Waals surface area contributed by atoms with Gasteiger partial charge in [0.1, 0.15) is 0 Å². The lowest BCUT2D eigenvalue weighted by Crippen LogP contribution is -2.40. The van der Waals surface area contributed by atoms with Gasteiger partial charge < -0.3 is 10.1 Å². The van der Waals surface area contributed by atoms with Crippen molar-refractivity contribution >= 4 is 21.6 Å². The summed E-state index contributed by atoms with van der Waals surface area (Å²) >= 11 is 0. The molecule has 0 atom stereocenters. The maximum Gasteiger partial charge on any atom is 0.295 e. The van der Waals surface area contributed by atoms with E-state index in [9.17, 15) is 13.2 Å². The minimum Gasteiger partial charge on any atom is -0.379 e. The molecule has 0 bridgehead atoms. The predicted octanol–water partition coefficient (Wildman–Crippen LogP) is 3.21. The van der Waals surface area contributed by atoms with E-state index in [-0.39, 0.29) is 10.7 Å². The third kappa shape index (κ3) is 4.85. The highest BCUT2D eigenvalue weighted by atomic mass is 32.2. The molecule has 0 spiro atoms. The molecule has 1 N–H and O–H groups in total. The summed E-state index contributed by atoms with van der Waals surface area (Å²) in [4.78, 5) is 17.7. The molecule has 35 heavy (non-hydrogen) atoms. The summed E-state index contributed by atoms with van der Waals surface area (Å²) in [7, 11) is -3.69. The summed E-state index contributed by atoms with van der Waals surface area (Å²) in [5.41, 5.74) is 1.90. The summed E-state index contributed by atoms with van der Waals surface area (Å²) < 4.78 is 34.2. The third-order valence-electron chi connectivity index (χ3n) is 5.54. The van der Waals surface area contributed by atoms with Gasteiger partial charge in [0, 0.05) is 24.3 Å². The van der Waals surface area contributed by atoms with E-state index >= 15 is 0 Å². The number of para-hydroxylation sites is 1. The van der Waals surface area contributed by atoms with Crippen molar-refractivity contribution in [2.75, 3.05) is 31.6 Å². The van der Waals surface area contributed by atoms with Crippen molar-refractivity contribution in [2.45, 2.75) is 4.90 Å². The van der Waals surface area contributed by atoms with Gasteiger partial charge in [0.2, 0.25) is 15.8 Å². The Morgan fingerprint density at radius 3 is 2.29 bits per heavy atom. The molecule has 0 saturated carbocycles. The number of aromatic nitrogens is 3. The fraction of sp³-hybridized carbons (Fsp3) is 0.160. The zero-order valence-electron chi connectivity index (χ0n) is 18.7. The first kappa shape index (κ1) is 22.9. The van der Waals surface area contributed by atoms with E-state index in [2.05, 4.69) is 15.4 Å². The van der Waals surface area contributed by atoms with Gasteiger partial charge in [0.05, 0.1) is 23.8 Å². The lowest BCUT2D eigenvalue weighted by atomic mass is 10.2. The van der Waals surface area contributed by atoms with E-state index in [1.165, 1.54) is 16.4 Å². The number of carbonyl (C=O) groups excluding carboxylic acids is 1. The molecule has 1 aromatic heterocycles. The van der Waals surface area contributed by atoms with Gasteiger partial charge >= 0.3 is 0 Å². The second kappa shape index (κ2) is 9.79. The van der Waals surface area contributed by atoms with Crippen LogP contribution in [-0.2, 0) is 14.8 Å². The Morgan fingerprint density at radius 2 is 1.57 bits per heavy atom. The van der Waals surface area contributed by atoms with Crippen LogP contribution in [0.3, 0.4) is 0 Å². The van der Waals surface area contributed by atoms with Crippen LogP contribution in [0.2, 0.25) is 0 Å². The Balaban J connectivity index is 1.44. The molecule has 0 aliphatic carbocycles. The molecular weight excluding hydrogens is 466 g/mol. The number of amides is 1. The van der Waals surface area contributed by atoms with Crippen LogP contribution in [-0.4, -0.2) is 59.7 Å². The predicted molar refractivity (Wildman–Crippen MR) is 131 cm³/mol. The quantitative estimate of drug-likeness (QED) is 0.446. The molecule has 1 aliphatic heterocycles. The first-order valence-electron chi connectivity index (χ1n) is 11.1. The molecule has 178 valence electrons. The standard InChI is InChI=1S/C25H23N5O4S/c31-25(26-20-10-7-13-22(18-20)35(32,33)29-14-16-34-17-15-29)23-27-24(19-8-3-1-4-9-19)30(28-23)21-11-5-2-6-12-21/h1-13,18H,14-17H2,(H,26,31). The molecular formula is C25H23N5O4S. The molecule has 2 heterocycles. The number of morpholine rings is 1. The topological polar surface area (TPSA) is 106 Å². The SMILES string of the molecule is O=C(Nc1cccc(S(=O)(=O)N2CCOCC2)c1)c1nc(-c2ccccc2)n(-c2ccccc2)n1. The zero-order chi connectivity index (χ0) is 24.3. The van der Waals surface area contributed by atoms with Crippen LogP contribution in [0.1, 0.15) is 10.6 Å². The first-order valence-corrected chi connectivity index (χ1v) is 12.5. The van der Waals surface area contributed by atoms with Crippen LogP contribution < -0.4 is 5.32 Å². The van der Waals surface area contributed by atoms with Gasteiger partial charge in [-0.25, -0.2) is 18.1 Å². The number of anilines is 1. The summed E-state index contributed by atoms with van der Waals surface area (Å²) in [5.74, 6) is -0.0578. The number of carbonyl (C=O) groups is 1. The Kier molecular flexibility index (Phi) is 6.41. The smallest absolute Gasteiger partial charge is 0.295 e. The van der Waals surface area contributed by atoms with Crippen LogP contribution in [0.25, 0.3) is 17.1 Å². The number of hydrogen-bond donors (Lipinski definition) is 1. The van der Waals surface area contributed by atoms with Gasteiger partial charge in [-0.15, -0.1) is 5.10 Å². The Hall–Kier alpha value is -3.86. The highest BCUT2D eigenvalue weighted by molar-refractivity contribution is 7.89. The van der Waals surface area contributed by atoms with Gasteiger partial charge in [0.15, 0.2) is 5.82 Å². The maximum absolute atomic E-state index is 13.1. The number of hydrogen-bond acceptors (Lipinski definition) is 6. The molecule has 1 aliphatic rings. The number of nitrogens with one attached hydrogen (secondary N) is 1. The monoisotopic (exact) mass is 489 g/mol. The van der Waals surface area contributed by atoms with Crippen molar-refractivity contribution in [1.82, 2.24) is 19.1 Å². The van der Waals surface area contributed by atoms with Crippen molar-refractivity contribution in [3.05, 3.63) is 90.8 Å². The van der Waals surface area contributed by atoms with Crippen LogP contribution in [0.15, 0.2) is 89.8 Å². The van der Waals surface area contributed by atoms with E-state index in [0.29, 0.717) is 37.8 Å². The fourth-order valence-electron chi connectivity index (χ4n) is 3.79. The lowest BCUT2D eigenvalue weighted by molar-refractivity contribution is 0.0730. The van der Waals surface area contributed by atoms with Crippen LogP contribution >= 0.6 is 0 Å². The Bertz CT molecular complexity index is 1380. The summed E-state index contributed by atoms with van der Waals surface area (Å²) in [6, 6.07) is 25.0. The summed E-state index contributed by atoms with van der Waals surface area (Å²) in [5, 5.41) is 7.18. The van der Waals surface area contributed by atoms with E-state index in [4.69, 9.17) is 4.74 Å². The molecule has 9 nitrogen and oxygen atoms in total. The minimum absolute atomic E-state index is 0.0332. The molecule has 0 unspecified atom stereocenters. The van der Waals surface area contributed by atoms with E-state index in [1.54, 1.807) is 16.8 Å². The third-order valence-corrected chi connectivity index (χ3v) is 7.44. The Morgan fingerprint density at radius 1 is 0.886 bits per heavy atom. The van der Waals surface area contributed by atoms with Gasteiger partial charge in [-0.1, -0.05) is 54.6 Å². The van der Waals surface area contributed by atoms with E-state index < -0.39 is 15.9 Å². The summed E-state index contributed by atoms with van der Waals surface area (Å²) in [6.45, 7) is 1.30. The van der Waals surface area contributed by atoms with Gasteiger partial charge in [-0.2, -0.15) is 4.31 Å². The molecule has 5 rings (SSSR count). The second-order valence-electron chi connectivity index (χ2n) is 7.87. The van der Waals surface area contributed by atoms with Crippen molar-refractivity contribution in [2.24, 2.45) is 0 Å². The van der Waals surface area contributed by atoms with Gasteiger partial charge in [-0.05, 0) is 30.3 Å². The first-order chi connectivity index (χ1) is 17.0. The average Bonchev–Trinajstić information content (AvgIpc) is 3.36. The largest absolute Gasteiger partial charge is 0.379 e. The molecule has 1 saturated heterocycles. The maximum atomic E-state index is 13.1. The highest BCUT2D eigenvalue weighted by Gasteiger charge is 2.27. The van der Waals surface area contributed by atoms with Crippen LogP contribution in [0.4, 0.5) is 5.69 Å². The number of benzene rings is 3. The zero-order valence-corrected chi connectivity index (χ0v) is 19.6. The number of sulfonamides is 1. The number of ether oxygens (including phenoxy) is 1. The average molecular weight is 490 g/mol. The lowest BCUT2D eigenvalue weighted by Gasteiger charge is -2.26. The molecule has 3 aromatic carbocycles. The van der Waals surface area contributed by atoms with Gasteiger partial charge in [-0.3, -0.25) is 4.79 Å². The molecule has 1 fully saturated rings. The van der Waals surface area contributed by atoms with Crippen LogP contribution in [0.5, 0.6) is 0 Å².